The summed E-state index contributed by atoms with van der Waals surface area (Å²) >= 11 is 0. The maximum Gasteiger partial charge on any atom is 0.151 e. The molecule has 0 fully saturated rings. The third-order valence-electron chi connectivity index (χ3n) is 1.07. The Morgan fingerprint density at radius 1 is 1.22 bits per heavy atom. The molecule has 0 unspecified atom stereocenters. The number of aliphatic hydroxyl groups excluding tert-OH is 1. The van der Waals surface area contributed by atoms with Gasteiger partial charge in [0, 0.05) is 51.4 Å². The van der Waals surface area contributed by atoms with Crippen LogP contribution in [-0.4, -0.2) is 67.9 Å². The van der Waals surface area contributed by atoms with E-state index in [9.17, 15) is 0 Å². The van der Waals surface area contributed by atoms with Gasteiger partial charge >= 0.3 is 0 Å². The van der Waals surface area contributed by atoms with Crippen LogP contribution >= 0.6 is 0 Å². The minimum absolute atomic E-state index is 0. The maximum absolute atomic E-state index is 8.33. The molecular formula is C6H14KO2. The van der Waals surface area contributed by atoms with Crippen molar-refractivity contribution in [3.05, 3.63) is 0 Å². The van der Waals surface area contributed by atoms with E-state index in [1.807, 2.05) is 0 Å². The van der Waals surface area contributed by atoms with Crippen LogP contribution in [0.25, 0.3) is 0 Å². The van der Waals surface area contributed by atoms with Crippen LogP contribution in [-0.2, 0) is 0 Å². The Balaban J connectivity index is 0. The van der Waals surface area contributed by atoms with E-state index >= 15 is 0 Å². The van der Waals surface area contributed by atoms with E-state index in [-0.39, 0.29) is 51.4 Å². The fourth-order valence-corrected chi connectivity index (χ4v) is 0.577. The number of hydrogen-bond donors (Lipinski definition) is 2. The van der Waals surface area contributed by atoms with Crippen LogP contribution in [0.1, 0.15) is 32.6 Å². The van der Waals surface area contributed by atoms with Gasteiger partial charge in [0.25, 0.3) is 0 Å². The van der Waals surface area contributed by atoms with Gasteiger partial charge in [-0.25, -0.2) is 0 Å². The van der Waals surface area contributed by atoms with Gasteiger partial charge < -0.3 is 10.2 Å². The molecule has 0 rings (SSSR count). The molecule has 0 aliphatic heterocycles. The van der Waals surface area contributed by atoms with Crippen LogP contribution in [0.4, 0.5) is 0 Å². The average molecular weight is 157 g/mol. The van der Waals surface area contributed by atoms with Crippen LogP contribution < -0.4 is 0 Å². The number of aliphatic hydroxyl groups is 2. The van der Waals surface area contributed by atoms with Crippen LogP contribution in [0.15, 0.2) is 0 Å². The molecule has 9 heavy (non-hydrogen) atoms. The summed E-state index contributed by atoms with van der Waals surface area (Å²) in [6, 6.07) is 0. The Hall–Kier alpha value is 1.56. The summed E-state index contributed by atoms with van der Waals surface area (Å²) in [5, 5.41) is 16.7. The Morgan fingerprint density at radius 3 is 2.11 bits per heavy atom. The molecule has 0 atom stereocenters. The predicted octanol–water partition coefficient (Wildman–Crippen LogP) is 0.497. The van der Waals surface area contributed by atoms with Gasteiger partial charge in [-0.15, -0.1) is 0 Å². The molecule has 51 valence electrons. The number of rotatable bonds is 4. The molecule has 0 heterocycles. The predicted molar refractivity (Wildman–Crippen MR) is 38.1 cm³/mol. The van der Waals surface area contributed by atoms with E-state index in [1.165, 1.54) is 0 Å². The zero-order valence-electron chi connectivity index (χ0n) is 6.30. The molecule has 1 radical (unpaired) electrons. The van der Waals surface area contributed by atoms with E-state index in [0.717, 1.165) is 19.3 Å². The van der Waals surface area contributed by atoms with Gasteiger partial charge in [-0.3, -0.25) is 0 Å². The summed E-state index contributed by atoms with van der Waals surface area (Å²) in [6.07, 6.45) is 2.58. The normalized spacial score (nSPS) is 9.33. The molecule has 2 N–H and O–H groups in total. The zero-order valence-corrected chi connectivity index (χ0v) is 9.42. The van der Waals surface area contributed by atoms with Crippen molar-refractivity contribution in [2.24, 2.45) is 0 Å². The zero-order chi connectivity index (χ0) is 6.41. The topological polar surface area (TPSA) is 40.5 Å². The van der Waals surface area contributed by atoms with Gasteiger partial charge in [-0.2, -0.15) is 0 Å². The molecule has 0 aromatic rings. The first-order valence-corrected chi connectivity index (χ1v) is 3.13. The molecule has 0 bridgehead atoms. The summed E-state index contributed by atoms with van der Waals surface area (Å²) < 4.78 is 0. The molecule has 0 saturated carbocycles. The quantitative estimate of drug-likeness (QED) is 0.354. The second kappa shape index (κ2) is 9.56. The van der Waals surface area contributed by atoms with Crippen LogP contribution in [0.2, 0.25) is 0 Å². The summed E-state index contributed by atoms with van der Waals surface area (Å²) in [7, 11) is 0. The molecule has 0 spiro atoms. The molecule has 0 aliphatic rings. The molecule has 0 aromatic heterocycles. The molecule has 3 heteroatoms. The Bertz CT molecular complexity index is 48.3. The van der Waals surface area contributed by atoms with Crippen molar-refractivity contribution in [2.45, 2.75) is 38.9 Å². The summed E-state index contributed by atoms with van der Waals surface area (Å²) in [6.45, 7) is 2.09. The van der Waals surface area contributed by atoms with Crippen molar-refractivity contribution in [1.82, 2.24) is 0 Å². The van der Waals surface area contributed by atoms with Gasteiger partial charge in [0.05, 0.1) is 0 Å². The second-order valence-corrected chi connectivity index (χ2v) is 1.98. The smallest absolute Gasteiger partial charge is 0.151 e. The van der Waals surface area contributed by atoms with Crippen LogP contribution in [0, 0.1) is 0 Å². The van der Waals surface area contributed by atoms with Crippen molar-refractivity contribution in [1.29, 1.82) is 0 Å². The largest absolute Gasteiger partial charge is 0.368 e. The maximum atomic E-state index is 8.33. The number of hydrogen-bond acceptors (Lipinski definition) is 2. The monoisotopic (exact) mass is 157 g/mol. The van der Waals surface area contributed by atoms with Crippen molar-refractivity contribution < 1.29 is 10.2 Å². The molecule has 2 nitrogen and oxygen atoms in total. The molecule has 0 aliphatic carbocycles. The molecular weight excluding hydrogens is 143 g/mol. The van der Waals surface area contributed by atoms with Gasteiger partial charge in [-0.05, 0) is 12.8 Å². The Labute approximate surface area is 99.1 Å². The first kappa shape index (κ1) is 13.2. The SMILES string of the molecule is CCCCCC(O)O.[K]. The Kier molecular flexibility index (Phi) is 14.0. The van der Waals surface area contributed by atoms with Gasteiger partial charge in [0.2, 0.25) is 0 Å². The first-order valence-electron chi connectivity index (χ1n) is 3.13. The molecule has 0 saturated heterocycles. The van der Waals surface area contributed by atoms with E-state index in [2.05, 4.69) is 6.92 Å². The van der Waals surface area contributed by atoms with E-state index in [4.69, 9.17) is 10.2 Å². The van der Waals surface area contributed by atoms with Crippen molar-refractivity contribution in [3.8, 4) is 0 Å². The van der Waals surface area contributed by atoms with Crippen LogP contribution in [0.5, 0.6) is 0 Å². The fourth-order valence-electron chi connectivity index (χ4n) is 0.577. The van der Waals surface area contributed by atoms with Gasteiger partial charge in [0.1, 0.15) is 0 Å². The van der Waals surface area contributed by atoms with Crippen molar-refractivity contribution >= 4 is 51.4 Å². The molecule has 0 amide bonds. The van der Waals surface area contributed by atoms with Crippen molar-refractivity contribution in [3.63, 3.8) is 0 Å². The third kappa shape index (κ3) is 12.7. The fraction of sp³-hybridized carbons (Fsp3) is 1.00. The van der Waals surface area contributed by atoms with E-state index < -0.39 is 6.29 Å². The standard InChI is InChI=1S/C6H14O2.K/c1-2-3-4-5-6(7)8;/h6-8H,2-5H2,1H3;. The summed E-state index contributed by atoms with van der Waals surface area (Å²) in [4.78, 5) is 0. The summed E-state index contributed by atoms with van der Waals surface area (Å²) in [5.41, 5.74) is 0. The minimum Gasteiger partial charge on any atom is -0.368 e. The number of unbranched alkanes of at least 4 members (excludes halogenated alkanes) is 2. The van der Waals surface area contributed by atoms with E-state index in [0.29, 0.717) is 6.42 Å². The average Bonchev–Trinajstić information content (AvgIpc) is 1.66. The van der Waals surface area contributed by atoms with Crippen molar-refractivity contribution in [2.75, 3.05) is 0 Å². The second-order valence-electron chi connectivity index (χ2n) is 1.98. The van der Waals surface area contributed by atoms with Crippen LogP contribution in [0.3, 0.4) is 0 Å². The third-order valence-corrected chi connectivity index (χ3v) is 1.07. The van der Waals surface area contributed by atoms with Gasteiger partial charge in [-0.1, -0.05) is 19.8 Å². The Morgan fingerprint density at radius 2 is 1.78 bits per heavy atom. The minimum atomic E-state index is -1.10. The summed E-state index contributed by atoms with van der Waals surface area (Å²) in [5.74, 6) is 0. The molecule has 0 aromatic carbocycles. The first-order chi connectivity index (χ1) is 3.77. The van der Waals surface area contributed by atoms with E-state index in [1.54, 1.807) is 0 Å². The van der Waals surface area contributed by atoms with Gasteiger partial charge in [0.15, 0.2) is 6.29 Å².